The van der Waals surface area contributed by atoms with Crippen LogP contribution in [0.2, 0.25) is 0 Å². The first-order valence-corrected chi connectivity index (χ1v) is 32.5. The van der Waals surface area contributed by atoms with Crippen LogP contribution in [0.15, 0.2) is 220 Å². The molecule has 0 saturated heterocycles. The number of benzene rings is 4. The van der Waals surface area contributed by atoms with E-state index >= 15 is 0 Å². The van der Waals surface area contributed by atoms with E-state index in [2.05, 4.69) is 302 Å². The molecule has 93 heavy (non-hydrogen) atoms. The predicted octanol–water partition coefficient (Wildman–Crippen LogP) is 16.1. The predicted molar refractivity (Wildman–Crippen MR) is 374 cm³/mol. The van der Waals surface area contributed by atoms with Gasteiger partial charge < -0.3 is 0 Å². The van der Waals surface area contributed by atoms with Gasteiger partial charge in [0.1, 0.15) is 51.5 Å². The summed E-state index contributed by atoms with van der Waals surface area (Å²) in [5, 5.41) is 0. The van der Waals surface area contributed by atoms with Gasteiger partial charge in [-0.15, -0.1) is 0 Å². The Bertz CT molecular complexity index is 4510. The van der Waals surface area contributed by atoms with Crippen LogP contribution < -0.4 is 18.3 Å². The van der Waals surface area contributed by atoms with Crippen molar-refractivity contribution in [2.75, 3.05) is 0 Å². The summed E-state index contributed by atoms with van der Waals surface area (Å²) in [7, 11) is 8.34. The summed E-state index contributed by atoms with van der Waals surface area (Å²) < 4.78 is 8.67. The topological polar surface area (TPSA) is 119 Å². The summed E-state index contributed by atoms with van der Waals surface area (Å²) in [6.45, 7) is 19.1. The zero-order chi connectivity index (χ0) is 65.5. The van der Waals surface area contributed by atoms with E-state index in [1.165, 1.54) is 93.0 Å². The van der Waals surface area contributed by atoms with Crippen molar-refractivity contribution >= 4 is 0 Å². The van der Waals surface area contributed by atoms with Crippen molar-refractivity contribution < 1.29 is 18.3 Å². The maximum Gasteiger partial charge on any atom is 0.212 e. The van der Waals surface area contributed by atoms with Gasteiger partial charge in [-0.25, -0.2) is 58.1 Å². The Morgan fingerprint density at radius 3 is 1.14 bits per heavy atom. The highest BCUT2D eigenvalue weighted by Gasteiger charge is 2.22. The highest BCUT2D eigenvalue weighted by Crippen LogP contribution is 2.33. The maximum atomic E-state index is 4.86. The minimum Gasteiger partial charge on any atom is -0.241 e. The van der Waals surface area contributed by atoms with Gasteiger partial charge in [-0.1, -0.05) is 113 Å². The van der Waals surface area contributed by atoms with E-state index in [1.807, 2.05) is 56.1 Å². The van der Waals surface area contributed by atoms with E-state index in [0.717, 1.165) is 74.6 Å². The number of hydrogen-bond donors (Lipinski definition) is 0. The first kappa shape index (κ1) is 65.7. The maximum absolute atomic E-state index is 4.86. The minimum absolute atomic E-state index is 0.329. The van der Waals surface area contributed by atoms with Crippen LogP contribution >= 0.6 is 0 Å². The van der Waals surface area contributed by atoms with Crippen LogP contribution in [0.5, 0.6) is 0 Å². The summed E-state index contributed by atoms with van der Waals surface area (Å²) in [4.78, 5) is 36.0. The van der Waals surface area contributed by atoms with E-state index in [0.29, 0.717) is 17.8 Å². The van der Waals surface area contributed by atoms with Gasteiger partial charge in [0.15, 0.2) is 24.8 Å². The average Bonchev–Trinajstić information content (AvgIpc) is 1.08. The summed E-state index contributed by atoms with van der Waals surface area (Å²) in [6, 6.07) is 57.0. The van der Waals surface area contributed by atoms with Gasteiger partial charge in [-0.2, -0.15) is 0 Å². The zero-order valence-electron chi connectivity index (χ0n) is 56.4. The van der Waals surface area contributed by atoms with Crippen LogP contribution in [0.1, 0.15) is 111 Å². The van der Waals surface area contributed by atoms with Crippen LogP contribution in [-0.4, -0.2) is 39.9 Å². The molecule has 13 rings (SSSR count). The summed E-state index contributed by atoms with van der Waals surface area (Å²) in [5.41, 5.74) is 23.5. The van der Waals surface area contributed by atoms with Gasteiger partial charge in [0.05, 0.1) is 33.8 Å². The van der Waals surface area contributed by atoms with Crippen molar-refractivity contribution in [1.29, 1.82) is 0 Å². The van der Waals surface area contributed by atoms with Gasteiger partial charge in [0, 0.05) is 107 Å². The van der Waals surface area contributed by atoms with Crippen molar-refractivity contribution in [3.63, 3.8) is 0 Å². The van der Waals surface area contributed by atoms with Gasteiger partial charge >= 0.3 is 0 Å². The van der Waals surface area contributed by atoms with Gasteiger partial charge in [-0.3, -0.25) is 0 Å². The molecular formula is C81H88N12+4. The second kappa shape index (κ2) is 30.7. The Morgan fingerprint density at radius 1 is 0.376 bits per heavy atom. The lowest BCUT2D eigenvalue weighted by molar-refractivity contribution is -0.660. The average molecular weight is 1230 g/mol. The molecule has 0 atom stereocenters. The summed E-state index contributed by atoms with van der Waals surface area (Å²) in [5.74, 6) is 5.02. The van der Waals surface area contributed by atoms with Crippen molar-refractivity contribution in [3.8, 4) is 89.9 Å². The quantitative estimate of drug-likeness (QED) is 0.111. The van der Waals surface area contributed by atoms with E-state index in [4.69, 9.17) is 9.97 Å². The number of aryl methyl sites for hydroxylation is 9. The molecule has 0 unspecified atom stereocenters. The fourth-order valence-corrected chi connectivity index (χ4v) is 11.9. The standard InChI is InChI=1S/C22H24N3.C21H24N3.C20H22N3.C18H18N3/c1-16-7-3-6-10-19(16)21-12-11-18(15-25(21)2)20-13-14-23-22(24-20)17-8-4-5-9-17;1-15(2)13-21-22-12-11-19(23-21)17-9-10-20(24(4)14-17)18-8-6-5-7-16(18)3;1-14(2)20-21-12-11-18(22-20)16-9-10-19(23(4)13-16)17-8-6-5-7-15(17)3;1-13-6-4-5-7-17(13)18-9-8-15(12-21(18)3)16-10-19-14(2)20-11-16/h3,6-7,10-15,17H,4-5,8-9H2,1-2H3;5-12,14-15H,13H2,1-4H3;5-14H,1-4H3;4-12H,1-3H3/q4*+1. The van der Waals surface area contributed by atoms with Crippen molar-refractivity contribution in [2.45, 2.75) is 106 Å². The fraction of sp³-hybridized carbons (Fsp3) is 0.259. The van der Waals surface area contributed by atoms with Crippen LogP contribution in [0.3, 0.4) is 0 Å². The number of hydrogen-bond acceptors (Lipinski definition) is 8. The lowest BCUT2D eigenvalue weighted by Crippen LogP contribution is -2.31. The lowest BCUT2D eigenvalue weighted by atomic mass is 10.0. The third kappa shape index (κ3) is 16.7. The van der Waals surface area contributed by atoms with E-state index < -0.39 is 0 Å². The molecule has 8 aromatic heterocycles. The third-order valence-corrected chi connectivity index (χ3v) is 17.1. The molecule has 8 heterocycles. The molecule has 12 nitrogen and oxygen atoms in total. The summed E-state index contributed by atoms with van der Waals surface area (Å²) in [6.07, 6.45) is 23.9. The zero-order valence-corrected chi connectivity index (χ0v) is 56.4. The number of pyridine rings is 4. The Hall–Kier alpha value is -10.2. The first-order valence-electron chi connectivity index (χ1n) is 32.5. The summed E-state index contributed by atoms with van der Waals surface area (Å²) >= 11 is 0. The Balaban J connectivity index is 0.000000136. The molecule has 0 spiro atoms. The molecule has 0 aliphatic heterocycles. The molecule has 1 fully saturated rings. The first-order chi connectivity index (χ1) is 45.0. The van der Waals surface area contributed by atoms with Crippen LogP contribution in [-0.2, 0) is 34.6 Å². The molecule has 0 N–H and O–H groups in total. The molecule has 1 aliphatic carbocycles. The van der Waals surface area contributed by atoms with Crippen molar-refractivity contribution in [2.24, 2.45) is 34.1 Å². The Labute approximate surface area is 550 Å². The van der Waals surface area contributed by atoms with Gasteiger partial charge in [-0.05, 0) is 142 Å². The smallest absolute Gasteiger partial charge is 0.212 e. The molecule has 468 valence electrons. The van der Waals surface area contributed by atoms with E-state index in [-0.39, 0.29) is 0 Å². The highest BCUT2D eigenvalue weighted by molar-refractivity contribution is 5.68. The van der Waals surface area contributed by atoms with Gasteiger partial charge in [0.2, 0.25) is 22.8 Å². The highest BCUT2D eigenvalue weighted by atomic mass is 15.0. The molecule has 0 amide bonds. The molecule has 1 aliphatic rings. The molecule has 12 aromatic rings. The fourth-order valence-electron chi connectivity index (χ4n) is 11.9. The molecule has 4 aromatic carbocycles. The second-order valence-corrected chi connectivity index (χ2v) is 25.1. The number of rotatable bonds is 12. The lowest BCUT2D eigenvalue weighted by Gasteiger charge is -2.09. The monoisotopic (exact) mass is 1230 g/mol. The molecule has 0 radical (unpaired) electrons. The number of aromatic nitrogens is 12. The minimum atomic E-state index is 0.329. The molecule has 0 bridgehead atoms. The SMILES string of the molecule is Cc1ccccc1-c1ccc(-c2ccnc(C(C)C)n2)c[n+]1C.Cc1ccccc1-c1ccc(-c2ccnc(C3CCCC3)n2)c[n+]1C.Cc1ccccc1-c1ccc(-c2ccnc(CC(C)C)n2)c[n+]1C.Cc1ncc(-c2ccc(-c3ccccc3C)[n+](C)c2)cn1. The van der Waals surface area contributed by atoms with Crippen LogP contribution in [0, 0.1) is 40.5 Å². The van der Waals surface area contributed by atoms with Crippen molar-refractivity contribution in [1.82, 2.24) is 39.9 Å². The van der Waals surface area contributed by atoms with Crippen LogP contribution in [0.25, 0.3) is 89.9 Å². The van der Waals surface area contributed by atoms with Crippen molar-refractivity contribution in [3.05, 3.63) is 265 Å². The van der Waals surface area contributed by atoms with Gasteiger partial charge in [0.25, 0.3) is 0 Å². The third-order valence-electron chi connectivity index (χ3n) is 17.1. The second-order valence-electron chi connectivity index (χ2n) is 25.1. The van der Waals surface area contributed by atoms with E-state index in [9.17, 15) is 0 Å². The largest absolute Gasteiger partial charge is 0.241 e. The number of nitrogens with zero attached hydrogens (tertiary/aromatic N) is 12. The Kier molecular flexibility index (Phi) is 21.7. The molecule has 12 heteroatoms. The van der Waals surface area contributed by atoms with E-state index in [1.54, 1.807) is 0 Å². The molecular weight excluding hydrogens is 1140 g/mol. The molecule has 1 saturated carbocycles. The van der Waals surface area contributed by atoms with Crippen LogP contribution in [0.4, 0.5) is 0 Å². The Morgan fingerprint density at radius 2 is 0.742 bits per heavy atom. The normalized spacial score (nSPS) is 11.9.